The number of aromatic nitrogens is 1. The van der Waals surface area contributed by atoms with Gasteiger partial charge in [0.1, 0.15) is 5.82 Å². The Morgan fingerprint density at radius 2 is 1.93 bits per heavy atom. The number of benzene rings is 1. The molecule has 1 N–H and O–H groups in total. The van der Waals surface area contributed by atoms with Crippen LogP contribution in [0.3, 0.4) is 0 Å². The van der Waals surface area contributed by atoms with E-state index in [9.17, 15) is 9.18 Å². The third kappa shape index (κ3) is 4.05. The summed E-state index contributed by atoms with van der Waals surface area (Å²) in [7, 11) is 0. The largest absolute Gasteiger partial charge is 0.379 e. The molecule has 7 heteroatoms. The molecule has 1 saturated heterocycles. The maximum atomic E-state index is 13.3. The van der Waals surface area contributed by atoms with Gasteiger partial charge in [0, 0.05) is 25.0 Å². The molecule has 1 aromatic carbocycles. The number of carbonyl (C=O) groups is 1. The van der Waals surface area contributed by atoms with Crippen molar-refractivity contribution in [3.8, 4) is 0 Å². The van der Waals surface area contributed by atoms with Crippen molar-refractivity contribution in [3.05, 3.63) is 46.7 Å². The average molecular weight is 389 g/mol. The summed E-state index contributed by atoms with van der Waals surface area (Å²) in [4.78, 5) is 20.1. The molecule has 0 atom stereocenters. The van der Waals surface area contributed by atoms with Gasteiger partial charge in [-0.15, -0.1) is 11.3 Å². The van der Waals surface area contributed by atoms with Gasteiger partial charge in [-0.2, -0.15) is 0 Å². The van der Waals surface area contributed by atoms with Crippen molar-refractivity contribution in [1.82, 2.24) is 9.88 Å². The van der Waals surface area contributed by atoms with E-state index < -0.39 is 5.41 Å². The van der Waals surface area contributed by atoms with Crippen LogP contribution in [0.1, 0.15) is 36.9 Å². The molecule has 1 aliphatic heterocycles. The fourth-order valence-corrected chi connectivity index (χ4v) is 4.73. The van der Waals surface area contributed by atoms with E-state index in [-0.39, 0.29) is 11.7 Å². The minimum absolute atomic E-state index is 0.0288. The van der Waals surface area contributed by atoms with Crippen LogP contribution in [-0.2, 0) is 21.5 Å². The maximum Gasteiger partial charge on any atom is 0.236 e. The van der Waals surface area contributed by atoms with Gasteiger partial charge < -0.3 is 10.1 Å². The number of nitrogens with one attached hydrogen (secondary N) is 1. The van der Waals surface area contributed by atoms with E-state index in [4.69, 9.17) is 4.74 Å². The highest BCUT2D eigenvalue weighted by Crippen LogP contribution is 2.42. The molecule has 2 aliphatic rings. The summed E-state index contributed by atoms with van der Waals surface area (Å²) in [6.07, 6.45) is 3.59. The molecule has 1 saturated carbocycles. The molecule has 2 aromatic rings. The van der Waals surface area contributed by atoms with Crippen molar-refractivity contribution in [1.29, 1.82) is 0 Å². The van der Waals surface area contributed by atoms with Crippen LogP contribution < -0.4 is 5.32 Å². The fraction of sp³-hybridized carbons (Fsp3) is 0.500. The lowest BCUT2D eigenvalue weighted by molar-refractivity contribution is -0.121. The zero-order valence-electron chi connectivity index (χ0n) is 15.2. The number of hydrogen-bond donors (Lipinski definition) is 1. The summed E-state index contributed by atoms with van der Waals surface area (Å²) in [5.74, 6) is -0.307. The van der Waals surface area contributed by atoms with Gasteiger partial charge in [-0.1, -0.05) is 25.0 Å². The number of halogens is 1. The summed E-state index contributed by atoms with van der Waals surface area (Å²) >= 11 is 1.46. The molecule has 4 rings (SSSR count). The van der Waals surface area contributed by atoms with Crippen molar-refractivity contribution >= 4 is 22.4 Å². The van der Waals surface area contributed by atoms with Crippen LogP contribution in [0.5, 0.6) is 0 Å². The topological polar surface area (TPSA) is 54.5 Å². The zero-order valence-corrected chi connectivity index (χ0v) is 16.1. The SMILES string of the molecule is O=C(Nc1nc(CN2CCOCC2)cs1)C1(c2ccc(F)cc2)CCCC1. The lowest BCUT2D eigenvalue weighted by atomic mass is 9.78. The van der Waals surface area contributed by atoms with Crippen LogP contribution in [0.25, 0.3) is 0 Å². The molecule has 144 valence electrons. The molecule has 0 unspecified atom stereocenters. The minimum Gasteiger partial charge on any atom is -0.379 e. The van der Waals surface area contributed by atoms with Crippen LogP contribution in [0, 0.1) is 5.82 Å². The summed E-state index contributed by atoms with van der Waals surface area (Å²) in [5.41, 5.74) is 1.28. The molecule has 1 aromatic heterocycles. The number of anilines is 1. The molecule has 1 aliphatic carbocycles. The number of morpholine rings is 1. The number of thiazole rings is 1. The first-order chi connectivity index (χ1) is 13.2. The lowest BCUT2D eigenvalue weighted by Crippen LogP contribution is -2.38. The molecule has 27 heavy (non-hydrogen) atoms. The Hall–Kier alpha value is -1.83. The number of hydrogen-bond acceptors (Lipinski definition) is 5. The van der Waals surface area contributed by atoms with Gasteiger partial charge in [0.05, 0.1) is 24.3 Å². The van der Waals surface area contributed by atoms with Crippen molar-refractivity contribution < 1.29 is 13.9 Å². The second-order valence-corrected chi connectivity index (χ2v) is 8.14. The fourth-order valence-electron chi connectivity index (χ4n) is 4.04. The van der Waals surface area contributed by atoms with E-state index in [1.807, 2.05) is 5.38 Å². The van der Waals surface area contributed by atoms with Crippen molar-refractivity contribution in [2.75, 3.05) is 31.6 Å². The van der Waals surface area contributed by atoms with Crippen LogP contribution in [-0.4, -0.2) is 42.1 Å². The Kier molecular flexibility index (Phi) is 5.52. The van der Waals surface area contributed by atoms with E-state index in [0.29, 0.717) is 5.13 Å². The molecular weight excluding hydrogens is 365 g/mol. The smallest absolute Gasteiger partial charge is 0.236 e. The minimum atomic E-state index is -0.580. The number of amides is 1. The van der Waals surface area contributed by atoms with Crippen molar-refractivity contribution in [2.45, 2.75) is 37.6 Å². The number of rotatable bonds is 5. The second-order valence-electron chi connectivity index (χ2n) is 7.28. The first kappa shape index (κ1) is 18.5. The number of carbonyl (C=O) groups excluding carboxylic acids is 1. The lowest BCUT2D eigenvalue weighted by Gasteiger charge is -2.27. The third-order valence-corrected chi connectivity index (χ3v) is 6.36. The summed E-state index contributed by atoms with van der Waals surface area (Å²) in [6, 6.07) is 6.36. The van der Waals surface area contributed by atoms with E-state index in [2.05, 4.69) is 15.2 Å². The zero-order chi connectivity index (χ0) is 18.7. The predicted molar refractivity (Wildman–Crippen MR) is 103 cm³/mol. The summed E-state index contributed by atoms with van der Waals surface area (Å²) in [5, 5.41) is 5.67. The highest BCUT2D eigenvalue weighted by molar-refractivity contribution is 7.13. The van der Waals surface area contributed by atoms with E-state index >= 15 is 0 Å². The second kappa shape index (κ2) is 8.04. The molecule has 2 fully saturated rings. The number of nitrogens with zero attached hydrogens (tertiary/aromatic N) is 2. The van der Waals surface area contributed by atoms with Gasteiger partial charge in [0.25, 0.3) is 0 Å². The van der Waals surface area contributed by atoms with E-state index in [0.717, 1.165) is 69.8 Å². The monoisotopic (exact) mass is 389 g/mol. The van der Waals surface area contributed by atoms with Crippen molar-refractivity contribution in [2.24, 2.45) is 0 Å². The Bertz CT molecular complexity index is 781. The summed E-state index contributed by atoms with van der Waals surface area (Å²) in [6.45, 7) is 4.11. The van der Waals surface area contributed by atoms with Gasteiger partial charge in [-0.3, -0.25) is 9.69 Å². The van der Waals surface area contributed by atoms with Gasteiger partial charge in [-0.25, -0.2) is 9.37 Å². The molecule has 5 nitrogen and oxygen atoms in total. The number of ether oxygens (including phenoxy) is 1. The highest BCUT2D eigenvalue weighted by Gasteiger charge is 2.43. The van der Waals surface area contributed by atoms with Crippen LogP contribution in [0.4, 0.5) is 9.52 Å². The maximum absolute atomic E-state index is 13.3. The molecular formula is C20H24FN3O2S. The highest BCUT2D eigenvalue weighted by atomic mass is 32.1. The molecule has 2 heterocycles. The van der Waals surface area contributed by atoms with E-state index in [1.165, 1.54) is 23.5 Å². The summed E-state index contributed by atoms with van der Waals surface area (Å²) < 4.78 is 18.7. The Morgan fingerprint density at radius 1 is 1.22 bits per heavy atom. The normalized spacial score (nSPS) is 19.9. The molecule has 1 amide bonds. The first-order valence-electron chi connectivity index (χ1n) is 9.48. The van der Waals surface area contributed by atoms with Gasteiger partial charge >= 0.3 is 0 Å². The van der Waals surface area contributed by atoms with Gasteiger partial charge in [-0.05, 0) is 30.5 Å². The van der Waals surface area contributed by atoms with Crippen LogP contribution in [0.2, 0.25) is 0 Å². The van der Waals surface area contributed by atoms with E-state index in [1.54, 1.807) is 12.1 Å². The Morgan fingerprint density at radius 3 is 2.63 bits per heavy atom. The molecule has 0 bridgehead atoms. The van der Waals surface area contributed by atoms with Gasteiger partial charge in [0.15, 0.2) is 5.13 Å². The molecule has 0 spiro atoms. The van der Waals surface area contributed by atoms with Crippen molar-refractivity contribution in [3.63, 3.8) is 0 Å². The predicted octanol–water partition coefficient (Wildman–Crippen LogP) is 3.56. The Balaban J connectivity index is 1.46. The van der Waals surface area contributed by atoms with Crippen LogP contribution in [0.15, 0.2) is 29.6 Å². The molecule has 0 radical (unpaired) electrons. The first-order valence-corrected chi connectivity index (χ1v) is 10.4. The quantitative estimate of drug-likeness (QED) is 0.850. The average Bonchev–Trinajstić information content (AvgIpc) is 3.34. The standard InChI is InChI=1S/C20H24FN3O2S/c21-16-5-3-15(4-6-16)20(7-1-2-8-20)18(25)23-19-22-17(14-27-19)13-24-9-11-26-12-10-24/h3-6,14H,1-2,7-13H2,(H,22,23,25). The van der Waals surface area contributed by atoms with Crippen LogP contribution >= 0.6 is 11.3 Å². The Labute approximate surface area is 162 Å². The third-order valence-electron chi connectivity index (χ3n) is 5.55. The van der Waals surface area contributed by atoms with Gasteiger partial charge in [0.2, 0.25) is 5.91 Å².